The lowest BCUT2D eigenvalue weighted by Gasteiger charge is -2.11. The molecular weight excluding hydrogens is 260 g/mol. The Hall–Kier alpha value is -2.55. The number of fused-ring (bicyclic) bond motifs is 1. The molecule has 0 amide bonds. The lowest BCUT2D eigenvalue weighted by molar-refractivity contribution is -0.651. The molecule has 0 saturated heterocycles. The molecule has 0 radical (unpaired) electrons. The number of benzene rings is 2. The van der Waals surface area contributed by atoms with Crippen LogP contribution in [0.4, 0.5) is 5.69 Å². The number of aryl methyl sites for hydroxylation is 1. The van der Waals surface area contributed by atoms with Crippen molar-refractivity contribution >= 4 is 28.9 Å². The summed E-state index contributed by atoms with van der Waals surface area (Å²) in [5.41, 5.74) is 4.35. The second-order valence-corrected chi connectivity index (χ2v) is 5.29. The Morgan fingerprint density at radius 3 is 2.33 bits per heavy atom. The summed E-state index contributed by atoms with van der Waals surface area (Å²) in [7, 11) is 6.10. The predicted molar refractivity (Wildman–Crippen MR) is 87.1 cm³/mol. The number of para-hydroxylation sites is 2. The van der Waals surface area contributed by atoms with Gasteiger partial charge in [-0.3, -0.25) is 0 Å². The highest BCUT2D eigenvalue weighted by Crippen LogP contribution is 2.16. The minimum Gasteiger partial charge on any atom is -0.398 e. The molecule has 106 valence electrons. The molecule has 0 fully saturated rings. The van der Waals surface area contributed by atoms with Crippen LogP contribution in [-0.4, -0.2) is 14.1 Å². The van der Waals surface area contributed by atoms with Gasteiger partial charge in [-0.1, -0.05) is 24.3 Å². The molecule has 1 heterocycles. The Labute approximate surface area is 124 Å². The highest BCUT2D eigenvalue weighted by molar-refractivity contribution is 5.72. The number of oxazole rings is 1. The SMILES string of the molecule is CN(C)c1ccc(/C=C/c2oc3ccccc3[n+]2C)cc1. The van der Waals surface area contributed by atoms with Crippen LogP contribution in [0.3, 0.4) is 0 Å². The highest BCUT2D eigenvalue weighted by atomic mass is 16.3. The van der Waals surface area contributed by atoms with Crippen LogP contribution in [0.2, 0.25) is 0 Å². The Morgan fingerprint density at radius 1 is 0.952 bits per heavy atom. The van der Waals surface area contributed by atoms with Crippen molar-refractivity contribution in [2.24, 2.45) is 7.05 Å². The van der Waals surface area contributed by atoms with Gasteiger partial charge in [-0.15, -0.1) is 0 Å². The van der Waals surface area contributed by atoms with E-state index in [1.54, 1.807) is 0 Å². The molecule has 21 heavy (non-hydrogen) atoms. The van der Waals surface area contributed by atoms with Crippen LogP contribution in [0.1, 0.15) is 11.5 Å². The number of hydrogen-bond donors (Lipinski definition) is 0. The van der Waals surface area contributed by atoms with Crippen molar-refractivity contribution in [1.82, 2.24) is 0 Å². The second-order valence-electron chi connectivity index (χ2n) is 5.29. The molecular formula is C18H19N2O+. The summed E-state index contributed by atoms with van der Waals surface area (Å²) < 4.78 is 7.91. The first-order chi connectivity index (χ1) is 10.1. The molecule has 0 aliphatic heterocycles. The van der Waals surface area contributed by atoms with E-state index in [0.29, 0.717) is 0 Å². The monoisotopic (exact) mass is 279 g/mol. The number of anilines is 1. The first-order valence-electron chi connectivity index (χ1n) is 6.98. The normalized spacial score (nSPS) is 11.4. The van der Waals surface area contributed by atoms with Gasteiger partial charge in [0, 0.05) is 25.8 Å². The first kappa shape index (κ1) is 13.4. The van der Waals surface area contributed by atoms with E-state index in [0.717, 1.165) is 22.6 Å². The third-order valence-electron chi connectivity index (χ3n) is 3.60. The Bertz CT molecular complexity index is 783. The van der Waals surface area contributed by atoms with Crippen LogP contribution in [0.5, 0.6) is 0 Å². The first-order valence-corrected chi connectivity index (χ1v) is 6.98. The van der Waals surface area contributed by atoms with Gasteiger partial charge in [0.15, 0.2) is 0 Å². The fraction of sp³-hybridized carbons (Fsp3) is 0.167. The van der Waals surface area contributed by atoms with Gasteiger partial charge in [0.1, 0.15) is 7.05 Å². The zero-order valence-corrected chi connectivity index (χ0v) is 12.6. The summed E-state index contributed by atoms with van der Waals surface area (Å²) in [6, 6.07) is 16.5. The molecule has 0 aliphatic carbocycles. The largest absolute Gasteiger partial charge is 0.398 e. The second kappa shape index (κ2) is 5.44. The molecule has 0 N–H and O–H groups in total. The topological polar surface area (TPSA) is 20.3 Å². The van der Waals surface area contributed by atoms with Crippen molar-refractivity contribution in [2.75, 3.05) is 19.0 Å². The van der Waals surface area contributed by atoms with Gasteiger partial charge < -0.3 is 9.32 Å². The zero-order valence-electron chi connectivity index (χ0n) is 12.6. The van der Waals surface area contributed by atoms with Crippen molar-refractivity contribution in [3.05, 3.63) is 60.0 Å². The number of hydrogen-bond acceptors (Lipinski definition) is 2. The van der Waals surface area contributed by atoms with E-state index in [9.17, 15) is 0 Å². The molecule has 0 bridgehead atoms. The average molecular weight is 279 g/mol. The molecule has 0 spiro atoms. The summed E-state index contributed by atoms with van der Waals surface area (Å²) in [5.74, 6) is 0.841. The Morgan fingerprint density at radius 2 is 1.67 bits per heavy atom. The fourth-order valence-electron chi connectivity index (χ4n) is 2.32. The van der Waals surface area contributed by atoms with E-state index >= 15 is 0 Å². The van der Waals surface area contributed by atoms with Crippen molar-refractivity contribution in [3.8, 4) is 0 Å². The van der Waals surface area contributed by atoms with Crippen molar-refractivity contribution in [1.29, 1.82) is 0 Å². The number of aromatic nitrogens is 1. The predicted octanol–water partition coefficient (Wildman–Crippen LogP) is 3.49. The van der Waals surface area contributed by atoms with Gasteiger partial charge >= 0.3 is 5.89 Å². The van der Waals surface area contributed by atoms with Crippen LogP contribution < -0.4 is 9.47 Å². The standard InChI is InChI=1S/C18H19N2O/c1-19(2)15-11-8-14(9-12-15)10-13-18-20(3)16-6-4-5-7-17(16)21-18/h4-13H,1-3H3/q+1. The van der Waals surface area contributed by atoms with E-state index in [-0.39, 0.29) is 0 Å². The molecule has 0 saturated carbocycles. The maximum absolute atomic E-state index is 5.85. The molecule has 3 rings (SSSR count). The Balaban J connectivity index is 1.89. The maximum Gasteiger partial charge on any atom is 0.373 e. The van der Waals surface area contributed by atoms with E-state index in [2.05, 4.69) is 45.9 Å². The summed E-state index contributed by atoms with van der Waals surface area (Å²) in [4.78, 5) is 2.09. The molecule has 2 aromatic carbocycles. The third kappa shape index (κ3) is 2.68. The van der Waals surface area contributed by atoms with Gasteiger partial charge in [0.05, 0.1) is 6.08 Å². The molecule has 0 atom stereocenters. The summed E-state index contributed by atoms with van der Waals surface area (Å²) in [6.07, 6.45) is 4.07. The number of nitrogens with zero attached hydrogens (tertiary/aromatic N) is 2. The van der Waals surface area contributed by atoms with Crippen molar-refractivity contribution < 1.29 is 8.98 Å². The molecule has 0 aliphatic rings. The molecule has 3 aromatic rings. The minimum absolute atomic E-state index is 0.841. The van der Waals surface area contributed by atoms with E-state index in [1.165, 1.54) is 5.69 Å². The lowest BCUT2D eigenvalue weighted by atomic mass is 10.2. The summed E-state index contributed by atoms with van der Waals surface area (Å²) in [6.45, 7) is 0. The van der Waals surface area contributed by atoms with Gasteiger partial charge in [-0.25, -0.2) is 0 Å². The van der Waals surface area contributed by atoms with Crippen LogP contribution in [-0.2, 0) is 7.05 Å². The Kier molecular flexibility index (Phi) is 3.48. The van der Waals surface area contributed by atoms with Crippen LogP contribution in [0.25, 0.3) is 23.3 Å². The molecule has 3 heteroatoms. The van der Waals surface area contributed by atoms with Crippen molar-refractivity contribution in [2.45, 2.75) is 0 Å². The van der Waals surface area contributed by atoms with Crippen LogP contribution >= 0.6 is 0 Å². The van der Waals surface area contributed by atoms with Gasteiger partial charge in [0.2, 0.25) is 5.58 Å². The zero-order chi connectivity index (χ0) is 14.8. The van der Waals surface area contributed by atoms with E-state index in [4.69, 9.17) is 4.42 Å². The molecule has 0 unspecified atom stereocenters. The van der Waals surface area contributed by atoms with Crippen molar-refractivity contribution in [3.63, 3.8) is 0 Å². The molecule has 3 nitrogen and oxygen atoms in total. The summed E-state index contributed by atoms with van der Waals surface area (Å²) >= 11 is 0. The van der Waals surface area contributed by atoms with Gasteiger partial charge in [-0.2, -0.15) is 4.57 Å². The van der Waals surface area contributed by atoms with Gasteiger partial charge in [-0.05, 0) is 29.8 Å². The maximum atomic E-state index is 5.85. The molecule has 1 aromatic heterocycles. The van der Waals surface area contributed by atoms with E-state index < -0.39 is 0 Å². The van der Waals surface area contributed by atoms with Crippen LogP contribution in [0.15, 0.2) is 52.9 Å². The quantitative estimate of drug-likeness (QED) is 0.684. The smallest absolute Gasteiger partial charge is 0.373 e. The summed E-state index contributed by atoms with van der Waals surface area (Å²) in [5, 5.41) is 0. The fourth-order valence-corrected chi connectivity index (χ4v) is 2.32. The minimum atomic E-state index is 0.841. The third-order valence-corrected chi connectivity index (χ3v) is 3.60. The highest BCUT2D eigenvalue weighted by Gasteiger charge is 2.15. The average Bonchev–Trinajstić information content (AvgIpc) is 2.82. The van der Waals surface area contributed by atoms with Crippen LogP contribution in [0, 0.1) is 0 Å². The lowest BCUT2D eigenvalue weighted by Crippen LogP contribution is -2.29. The number of rotatable bonds is 3. The van der Waals surface area contributed by atoms with E-state index in [1.807, 2.05) is 45.4 Å². The van der Waals surface area contributed by atoms with Gasteiger partial charge in [0.25, 0.3) is 5.52 Å².